The molecule has 0 fully saturated rings. The van der Waals surface area contributed by atoms with E-state index in [2.05, 4.69) is 15.3 Å². The molecule has 8 heteroatoms. The largest absolute Gasteiger partial charge is 0.416 e. The van der Waals surface area contributed by atoms with Crippen molar-refractivity contribution in [2.45, 2.75) is 13.1 Å². The summed E-state index contributed by atoms with van der Waals surface area (Å²) in [4.78, 5) is 7.75. The van der Waals surface area contributed by atoms with E-state index in [4.69, 9.17) is 17.3 Å². The number of alkyl halides is 3. The number of benzene rings is 1. The number of nitrogens with zero attached hydrogens (tertiary/aromatic N) is 2. The van der Waals surface area contributed by atoms with Crippen molar-refractivity contribution in [2.24, 2.45) is 0 Å². The smallest absolute Gasteiger partial charge is 0.368 e. The lowest BCUT2D eigenvalue weighted by atomic mass is 10.2. The number of nitrogens with two attached hydrogens (primary N) is 1. The van der Waals surface area contributed by atoms with Gasteiger partial charge in [-0.25, -0.2) is 4.98 Å². The van der Waals surface area contributed by atoms with Gasteiger partial charge >= 0.3 is 6.18 Å². The van der Waals surface area contributed by atoms with Gasteiger partial charge in [0.25, 0.3) is 0 Å². The third-order valence-corrected chi connectivity index (χ3v) is 2.76. The molecule has 0 aliphatic rings. The number of rotatable bonds is 2. The molecule has 0 aliphatic heterocycles. The molecule has 20 heavy (non-hydrogen) atoms. The summed E-state index contributed by atoms with van der Waals surface area (Å²) in [5.74, 6) is 0.298. The molecule has 3 N–H and O–H groups in total. The van der Waals surface area contributed by atoms with E-state index in [1.165, 1.54) is 6.07 Å². The minimum Gasteiger partial charge on any atom is -0.368 e. The number of aromatic nitrogens is 2. The SMILES string of the molecule is Cc1cc(Nc2cc(C(F)(F)F)ccc2Cl)nc(N)n1. The number of anilines is 3. The molecular formula is C12H10ClF3N4. The van der Waals surface area contributed by atoms with E-state index in [1.54, 1.807) is 13.0 Å². The van der Waals surface area contributed by atoms with Crippen LogP contribution in [0.15, 0.2) is 24.3 Å². The van der Waals surface area contributed by atoms with Crippen LogP contribution in [0.1, 0.15) is 11.3 Å². The van der Waals surface area contributed by atoms with E-state index in [-0.39, 0.29) is 22.5 Å². The van der Waals surface area contributed by atoms with Gasteiger partial charge in [-0.1, -0.05) is 11.6 Å². The Morgan fingerprint density at radius 3 is 2.50 bits per heavy atom. The van der Waals surface area contributed by atoms with Gasteiger partial charge in [-0.3, -0.25) is 0 Å². The Labute approximate surface area is 117 Å². The summed E-state index contributed by atoms with van der Waals surface area (Å²) in [7, 11) is 0. The van der Waals surface area contributed by atoms with E-state index in [0.717, 1.165) is 12.1 Å². The van der Waals surface area contributed by atoms with Crippen molar-refractivity contribution in [1.29, 1.82) is 0 Å². The minimum atomic E-state index is -4.44. The molecule has 1 aromatic heterocycles. The second kappa shape index (κ2) is 5.16. The summed E-state index contributed by atoms with van der Waals surface area (Å²) in [5, 5.41) is 2.85. The lowest BCUT2D eigenvalue weighted by Gasteiger charge is -2.12. The highest BCUT2D eigenvalue weighted by atomic mass is 35.5. The molecule has 1 aromatic carbocycles. The van der Waals surface area contributed by atoms with Crippen molar-refractivity contribution >= 4 is 29.1 Å². The first kappa shape index (κ1) is 14.4. The Hall–Kier alpha value is -2.02. The molecule has 2 aromatic rings. The van der Waals surface area contributed by atoms with E-state index in [0.29, 0.717) is 5.69 Å². The maximum absolute atomic E-state index is 12.7. The molecule has 0 atom stereocenters. The lowest BCUT2D eigenvalue weighted by molar-refractivity contribution is -0.137. The minimum absolute atomic E-state index is 0.0237. The number of aryl methyl sites for hydroxylation is 1. The average molecular weight is 303 g/mol. The van der Waals surface area contributed by atoms with Crippen molar-refractivity contribution in [1.82, 2.24) is 9.97 Å². The Balaban J connectivity index is 2.37. The van der Waals surface area contributed by atoms with Gasteiger partial charge in [0, 0.05) is 11.8 Å². The van der Waals surface area contributed by atoms with Gasteiger partial charge in [0.05, 0.1) is 16.3 Å². The molecule has 0 saturated carbocycles. The molecule has 0 bridgehead atoms. The van der Waals surface area contributed by atoms with E-state index >= 15 is 0 Å². The molecule has 4 nitrogen and oxygen atoms in total. The van der Waals surface area contributed by atoms with Crippen molar-refractivity contribution < 1.29 is 13.2 Å². The van der Waals surface area contributed by atoms with Gasteiger partial charge in [-0.2, -0.15) is 18.2 Å². The summed E-state index contributed by atoms with van der Waals surface area (Å²) in [6, 6.07) is 4.54. The molecule has 0 amide bonds. The highest BCUT2D eigenvalue weighted by Gasteiger charge is 2.31. The predicted octanol–water partition coefficient (Wildman–Crippen LogP) is 3.78. The molecule has 0 saturated heterocycles. The van der Waals surface area contributed by atoms with Crippen LogP contribution in [0.4, 0.5) is 30.6 Å². The monoisotopic (exact) mass is 302 g/mol. The number of hydrogen-bond acceptors (Lipinski definition) is 4. The first-order valence-electron chi connectivity index (χ1n) is 5.50. The summed E-state index contributed by atoms with van der Waals surface area (Å²) in [6.45, 7) is 1.69. The van der Waals surface area contributed by atoms with Gasteiger partial charge in [0.2, 0.25) is 5.95 Å². The van der Waals surface area contributed by atoms with Crippen LogP contribution in [0, 0.1) is 6.92 Å². The molecule has 106 valence electrons. The molecule has 2 rings (SSSR count). The summed E-state index contributed by atoms with van der Waals surface area (Å²) in [6.07, 6.45) is -4.44. The van der Waals surface area contributed by atoms with Crippen molar-refractivity contribution in [3.05, 3.63) is 40.5 Å². The fraction of sp³-hybridized carbons (Fsp3) is 0.167. The maximum atomic E-state index is 12.7. The Kier molecular flexibility index (Phi) is 3.71. The predicted molar refractivity (Wildman–Crippen MR) is 70.9 cm³/mol. The zero-order chi connectivity index (χ0) is 14.9. The van der Waals surface area contributed by atoms with Gasteiger partial charge in [0.15, 0.2) is 0 Å². The molecular weight excluding hydrogens is 293 g/mol. The fourth-order valence-electron chi connectivity index (χ4n) is 1.59. The number of nitrogen functional groups attached to an aromatic ring is 1. The Morgan fingerprint density at radius 2 is 1.90 bits per heavy atom. The van der Waals surface area contributed by atoms with Crippen molar-refractivity contribution in [2.75, 3.05) is 11.1 Å². The highest BCUT2D eigenvalue weighted by molar-refractivity contribution is 6.33. The van der Waals surface area contributed by atoms with Gasteiger partial charge in [0.1, 0.15) is 5.82 Å². The zero-order valence-corrected chi connectivity index (χ0v) is 11.0. The van der Waals surface area contributed by atoms with E-state index in [9.17, 15) is 13.2 Å². The van der Waals surface area contributed by atoms with E-state index in [1.807, 2.05) is 0 Å². The zero-order valence-electron chi connectivity index (χ0n) is 10.3. The van der Waals surface area contributed by atoms with Crippen LogP contribution in [0.5, 0.6) is 0 Å². The van der Waals surface area contributed by atoms with Gasteiger partial charge < -0.3 is 11.1 Å². The number of nitrogens with one attached hydrogen (secondary N) is 1. The normalized spacial score (nSPS) is 11.4. The second-order valence-electron chi connectivity index (χ2n) is 4.07. The number of hydrogen-bond donors (Lipinski definition) is 2. The van der Waals surface area contributed by atoms with Crippen LogP contribution in [0.25, 0.3) is 0 Å². The fourth-order valence-corrected chi connectivity index (χ4v) is 1.76. The first-order chi connectivity index (χ1) is 9.25. The average Bonchev–Trinajstić information content (AvgIpc) is 2.29. The molecule has 0 radical (unpaired) electrons. The molecule has 0 unspecified atom stereocenters. The van der Waals surface area contributed by atoms with Crippen molar-refractivity contribution in [3.8, 4) is 0 Å². The van der Waals surface area contributed by atoms with E-state index < -0.39 is 11.7 Å². The summed E-state index contributed by atoms with van der Waals surface area (Å²) < 4.78 is 38.0. The third kappa shape index (κ3) is 3.30. The molecule has 0 aliphatic carbocycles. The third-order valence-electron chi connectivity index (χ3n) is 2.43. The van der Waals surface area contributed by atoms with Crippen LogP contribution in [-0.4, -0.2) is 9.97 Å². The van der Waals surface area contributed by atoms with Crippen LogP contribution in [0.3, 0.4) is 0 Å². The van der Waals surface area contributed by atoms with Crippen LogP contribution < -0.4 is 11.1 Å². The van der Waals surface area contributed by atoms with Gasteiger partial charge in [-0.05, 0) is 25.1 Å². The lowest BCUT2D eigenvalue weighted by Crippen LogP contribution is -2.06. The first-order valence-corrected chi connectivity index (χ1v) is 5.88. The quantitative estimate of drug-likeness (QED) is 0.886. The highest BCUT2D eigenvalue weighted by Crippen LogP contribution is 2.34. The van der Waals surface area contributed by atoms with Crippen LogP contribution in [-0.2, 0) is 6.18 Å². The standard InChI is InChI=1S/C12H10ClF3N4/c1-6-4-10(20-11(17)18-6)19-9-5-7(12(14,15)16)2-3-8(9)13/h2-5H,1H3,(H3,17,18,19,20). The Morgan fingerprint density at radius 1 is 1.20 bits per heavy atom. The molecule has 1 heterocycles. The van der Waals surface area contributed by atoms with Crippen LogP contribution in [0.2, 0.25) is 5.02 Å². The van der Waals surface area contributed by atoms with Gasteiger partial charge in [-0.15, -0.1) is 0 Å². The topological polar surface area (TPSA) is 63.8 Å². The van der Waals surface area contributed by atoms with Crippen molar-refractivity contribution in [3.63, 3.8) is 0 Å². The summed E-state index contributed by atoms with van der Waals surface area (Å²) in [5.41, 5.74) is 5.35. The second-order valence-corrected chi connectivity index (χ2v) is 4.48. The number of halogens is 4. The molecule has 0 spiro atoms. The summed E-state index contributed by atoms with van der Waals surface area (Å²) >= 11 is 5.87. The maximum Gasteiger partial charge on any atom is 0.416 e. The van der Waals surface area contributed by atoms with Crippen LogP contribution >= 0.6 is 11.6 Å². The Bertz CT molecular complexity index is 623.